The first-order valence-corrected chi connectivity index (χ1v) is 7.54. The van der Waals surface area contributed by atoms with E-state index in [1.807, 2.05) is 0 Å². The van der Waals surface area contributed by atoms with Crippen LogP contribution >= 0.6 is 11.6 Å². The summed E-state index contributed by atoms with van der Waals surface area (Å²) in [7, 11) is -3.61. The Labute approximate surface area is 113 Å². The number of benzene rings is 1. The number of hydrogen-bond acceptors (Lipinski definition) is 3. The zero-order chi connectivity index (χ0) is 13.9. The highest BCUT2D eigenvalue weighted by molar-refractivity contribution is 7.89. The largest absolute Gasteiger partial charge is 0.396 e. The Morgan fingerprint density at radius 1 is 1.39 bits per heavy atom. The Balaban J connectivity index is 3.04. The van der Waals surface area contributed by atoms with Crippen molar-refractivity contribution >= 4 is 21.6 Å². The highest BCUT2D eigenvalue weighted by Gasteiger charge is 2.22. The molecule has 0 saturated heterocycles. The van der Waals surface area contributed by atoms with Gasteiger partial charge in [-0.25, -0.2) is 13.1 Å². The quantitative estimate of drug-likeness (QED) is 0.871. The monoisotopic (exact) mass is 291 g/mol. The molecule has 1 rings (SSSR count). The van der Waals surface area contributed by atoms with Gasteiger partial charge in [-0.3, -0.25) is 0 Å². The smallest absolute Gasteiger partial charge is 0.241 e. The molecule has 0 aromatic heterocycles. The van der Waals surface area contributed by atoms with E-state index in [9.17, 15) is 8.42 Å². The molecule has 0 aliphatic carbocycles. The number of rotatable bonds is 5. The van der Waals surface area contributed by atoms with E-state index in [0.29, 0.717) is 10.6 Å². The van der Waals surface area contributed by atoms with Crippen molar-refractivity contribution in [3.63, 3.8) is 0 Å². The zero-order valence-corrected chi connectivity index (χ0v) is 12.2. The molecule has 0 radical (unpaired) electrons. The minimum Gasteiger partial charge on any atom is -0.396 e. The van der Waals surface area contributed by atoms with Gasteiger partial charge in [0.05, 0.1) is 4.90 Å². The van der Waals surface area contributed by atoms with Crippen LogP contribution in [-0.2, 0) is 10.0 Å². The van der Waals surface area contributed by atoms with Crippen molar-refractivity contribution in [2.24, 2.45) is 5.92 Å². The lowest BCUT2D eigenvalue weighted by Gasteiger charge is -2.20. The molecule has 4 nitrogen and oxygen atoms in total. The van der Waals surface area contributed by atoms with Gasteiger partial charge in [0.25, 0.3) is 0 Å². The predicted octanol–water partition coefficient (Wildman–Crippen LogP) is 1.94. The molecule has 1 aromatic carbocycles. The van der Waals surface area contributed by atoms with Gasteiger partial charge in [0.1, 0.15) is 0 Å². The summed E-state index contributed by atoms with van der Waals surface area (Å²) in [4.78, 5) is 0.173. The summed E-state index contributed by atoms with van der Waals surface area (Å²) in [6.07, 6.45) is 0. The number of nitrogens with one attached hydrogen (secondary N) is 1. The van der Waals surface area contributed by atoms with Crippen LogP contribution in [0.4, 0.5) is 0 Å². The SMILES string of the molecule is Cc1c(Cl)cccc1S(=O)(=O)NC(C)C(C)CO. The molecule has 6 heteroatoms. The molecule has 0 saturated carbocycles. The standard InChI is InChI=1S/C12H18ClNO3S/c1-8(7-15)10(3)14-18(16,17)12-6-4-5-11(13)9(12)2/h4-6,8,10,14-15H,7H2,1-3H3. The van der Waals surface area contributed by atoms with Crippen molar-refractivity contribution in [2.75, 3.05) is 6.61 Å². The van der Waals surface area contributed by atoms with Gasteiger partial charge in [0.15, 0.2) is 0 Å². The maximum Gasteiger partial charge on any atom is 0.241 e. The maximum absolute atomic E-state index is 12.2. The minimum absolute atomic E-state index is 0.0712. The summed E-state index contributed by atoms with van der Waals surface area (Å²) in [6.45, 7) is 5.09. The molecule has 0 fully saturated rings. The van der Waals surface area contributed by atoms with Gasteiger partial charge in [0, 0.05) is 17.7 Å². The number of sulfonamides is 1. The van der Waals surface area contributed by atoms with Crippen LogP contribution in [0.2, 0.25) is 5.02 Å². The normalized spacial score (nSPS) is 15.4. The predicted molar refractivity (Wildman–Crippen MR) is 72.2 cm³/mol. The Bertz CT molecular complexity index is 516. The van der Waals surface area contributed by atoms with Gasteiger partial charge < -0.3 is 5.11 Å². The van der Waals surface area contributed by atoms with Crippen LogP contribution in [0, 0.1) is 12.8 Å². The van der Waals surface area contributed by atoms with Crippen molar-refractivity contribution in [1.82, 2.24) is 4.72 Å². The number of aliphatic hydroxyl groups excluding tert-OH is 1. The third-order valence-corrected chi connectivity index (χ3v) is 5.10. The lowest BCUT2D eigenvalue weighted by Crippen LogP contribution is -2.38. The second-order valence-corrected chi connectivity index (χ2v) is 6.52. The van der Waals surface area contributed by atoms with E-state index < -0.39 is 10.0 Å². The first-order valence-electron chi connectivity index (χ1n) is 5.68. The molecular weight excluding hydrogens is 274 g/mol. The van der Waals surface area contributed by atoms with E-state index in [2.05, 4.69) is 4.72 Å². The van der Waals surface area contributed by atoms with Gasteiger partial charge in [-0.15, -0.1) is 0 Å². The Hall–Kier alpha value is -0.620. The van der Waals surface area contributed by atoms with Crippen LogP contribution in [0.25, 0.3) is 0 Å². The third kappa shape index (κ3) is 3.45. The summed E-state index contributed by atoms with van der Waals surface area (Å²) >= 11 is 5.91. The lowest BCUT2D eigenvalue weighted by atomic mass is 10.1. The Morgan fingerprint density at radius 3 is 2.56 bits per heavy atom. The van der Waals surface area contributed by atoms with Gasteiger partial charge in [0.2, 0.25) is 10.0 Å². The van der Waals surface area contributed by atoms with Crippen molar-refractivity contribution in [3.05, 3.63) is 28.8 Å². The molecule has 2 atom stereocenters. The van der Waals surface area contributed by atoms with E-state index >= 15 is 0 Å². The molecule has 0 heterocycles. The topological polar surface area (TPSA) is 66.4 Å². The molecule has 18 heavy (non-hydrogen) atoms. The lowest BCUT2D eigenvalue weighted by molar-refractivity contribution is 0.216. The zero-order valence-electron chi connectivity index (χ0n) is 10.6. The average molecular weight is 292 g/mol. The molecule has 0 aliphatic rings. The fourth-order valence-corrected chi connectivity index (χ4v) is 3.31. The van der Waals surface area contributed by atoms with E-state index in [1.165, 1.54) is 6.07 Å². The molecule has 0 spiro atoms. The summed E-state index contributed by atoms with van der Waals surface area (Å²) in [5, 5.41) is 9.43. The van der Waals surface area contributed by atoms with E-state index in [-0.39, 0.29) is 23.5 Å². The molecular formula is C12H18ClNO3S. The maximum atomic E-state index is 12.2. The van der Waals surface area contributed by atoms with Crippen LogP contribution < -0.4 is 4.72 Å². The molecule has 0 amide bonds. The van der Waals surface area contributed by atoms with Crippen molar-refractivity contribution in [2.45, 2.75) is 31.7 Å². The van der Waals surface area contributed by atoms with E-state index in [4.69, 9.17) is 16.7 Å². The van der Waals surface area contributed by atoms with Crippen LogP contribution in [-0.4, -0.2) is 26.2 Å². The second kappa shape index (κ2) is 6.02. The van der Waals surface area contributed by atoms with Crippen LogP contribution in [0.1, 0.15) is 19.4 Å². The summed E-state index contributed by atoms with van der Waals surface area (Å²) in [5.41, 5.74) is 0.524. The number of hydrogen-bond donors (Lipinski definition) is 2. The summed E-state index contributed by atoms with van der Waals surface area (Å²) in [6, 6.07) is 4.41. The van der Waals surface area contributed by atoms with Crippen LogP contribution in [0.3, 0.4) is 0 Å². The first-order chi connectivity index (χ1) is 8.29. The second-order valence-electron chi connectivity index (χ2n) is 4.43. The van der Waals surface area contributed by atoms with Gasteiger partial charge in [-0.2, -0.15) is 0 Å². The molecule has 1 aromatic rings. The Kier molecular flexibility index (Phi) is 5.16. The molecule has 2 N–H and O–H groups in total. The van der Waals surface area contributed by atoms with Gasteiger partial charge in [-0.05, 0) is 37.5 Å². The van der Waals surface area contributed by atoms with Crippen molar-refractivity contribution < 1.29 is 13.5 Å². The molecule has 2 unspecified atom stereocenters. The summed E-state index contributed by atoms with van der Waals surface area (Å²) < 4.78 is 26.9. The van der Waals surface area contributed by atoms with E-state index in [0.717, 1.165) is 0 Å². The summed E-state index contributed by atoms with van der Waals surface area (Å²) in [5.74, 6) is -0.153. The Morgan fingerprint density at radius 2 is 2.00 bits per heavy atom. The number of aliphatic hydroxyl groups is 1. The van der Waals surface area contributed by atoms with Crippen LogP contribution in [0.15, 0.2) is 23.1 Å². The van der Waals surface area contributed by atoms with Crippen molar-refractivity contribution in [1.29, 1.82) is 0 Å². The molecule has 102 valence electrons. The minimum atomic E-state index is -3.61. The van der Waals surface area contributed by atoms with Gasteiger partial charge >= 0.3 is 0 Å². The van der Waals surface area contributed by atoms with Crippen LogP contribution in [0.5, 0.6) is 0 Å². The first kappa shape index (κ1) is 15.4. The fourth-order valence-electron chi connectivity index (χ4n) is 1.46. The number of halogens is 1. The fraction of sp³-hybridized carbons (Fsp3) is 0.500. The average Bonchev–Trinajstić information content (AvgIpc) is 2.30. The van der Waals surface area contributed by atoms with Crippen molar-refractivity contribution in [3.8, 4) is 0 Å². The highest BCUT2D eigenvalue weighted by atomic mass is 35.5. The van der Waals surface area contributed by atoms with E-state index in [1.54, 1.807) is 32.9 Å². The molecule has 0 aliphatic heterocycles. The third-order valence-electron chi connectivity index (χ3n) is 2.99. The highest BCUT2D eigenvalue weighted by Crippen LogP contribution is 2.23. The molecule has 0 bridgehead atoms. The van der Waals surface area contributed by atoms with Gasteiger partial charge in [-0.1, -0.05) is 24.6 Å².